The van der Waals surface area contributed by atoms with E-state index in [1.54, 1.807) is 11.3 Å². The van der Waals surface area contributed by atoms with Crippen LogP contribution >= 0.6 is 27.3 Å². The Morgan fingerprint density at radius 3 is 3.05 bits per heavy atom. The minimum Gasteiger partial charge on any atom is -0.302 e. The lowest BCUT2D eigenvalue weighted by Gasteiger charge is -2.12. The normalized spacial score (nSPS) is 12.9. The highest BCUT2D eigenvalue weighted by atomic mass is 79.9. The summed E-state index contributed by atoms with van der Waals surface area (Å²) in [5.41, 5.74) is 0.879. The summed E-state index contributed by atoms with van der Waals surface area (Å²) in [6, 6.07) is 8.26. The summed E-state index contributed by atoms with van der Waals surface area (Å²) in [5, 5.41) is 13.9. The molecule has 1 unspecified atom stereocenters. The van der Waals surface area contributed by atoms with Crippen LogP contribution in [0.4, 0.5) is 0 Å². The van der Waals surface area contributed by atoms with Crippen molar-refractivity contribution in [2.75, 3.05) is 0 Å². The quantitative estimate of drug-likeness (QED) is 0.793. The first-order valence-corrected chi connectivity index (χ1v) is 7.68. The van der Waals surface area contributed by atoms with Crippen molar-refractivity contribution in [3.63, 3.8) is 0 Å². The molecule has 19 heavy (non-hydrogen) atoms. The molecule has 3 aromatic rings. The Kier molecular flexibility index (Phi) is 3.63. The topological polar surface area (TPSA) is 42.2 Å². The van der Waals surface area contributed by atoms with Crippen LogP contribution in [0, 0.1) is 0 Å². The van der Waals surface area contributed by atoms with Gasteiger partial charge in [0.15, 0.2) is 11.5 Å². The Balaban J connectivity index is 1.74. The van der Waals surface area contributed by atoms with E-state index >= 15 is 0 Å². The fourth-order valence-corrected chi connectivity index (χ4v) is 3.71. The van der Waals surface area contributed by atoms with Gasteiger partial charge in [-0.1, -0.05) is 6.07 Å². The first kappa shape index (κ1) is 12.8. The summed E-state index contributed by atoms with van der Waals surface area (Å²) >= 11 is 5.31. The maximum Gasteiger partial charge on any atom is 0.160 e. The van der Waals surface area contributed by atoms with Gasteiger partial charge in [0, 0.05) is 21.6 Å². The van der Waals surface area contributed by atoms with Crippen LogP contribution < -0.4 is 5.32 Å². The number of rotatable bonds is 4. The molecule has 0 amide bonds. The minimum absolute atomic E-state index is 0.283. The predicted octanol–water partition coefficient (Wildman–Crippen LogP) is 3.40. The average molecular weight is 337 g/mol. The van der Waals surface area contributed by atoms with E-state index in [0.29, 0.717) is 6.54 Å². The summed E-state index contributed by atoms with van der Waals surface area (Å²) in [6.07, 6.45) is 1.98. The first-order chi connectivity index (χ1) is 9.25. The van der Waals surface area contributed by atoms with E-state index in [4.69, 9.17) is 0 Å². The van der Waals surface area contributed by atoms with Gasteiger partial charge in [0.2, 0.25) is 0 Å². The van der Waals surface area contributed by atoms with Gasteiger partial charge >= 0.3 is 0 Å². The maximum absolute atomic E-state index is 4.21. The Hall–Kier alpha value is -1.24. The molecular weight excluding hydrogens is 324 g/mol. The largest absolute Gasteiger partial charge is 0.302 e. The van der Waals surface area contributed by atoms with Crippen LogP contribution in [-0.4, -0.2) is 14.6 Å². The monoisotopic (exact) mass is 336 g/mol. The van der Waals surface area contributed by atoms with Crippen LogP contribution in [0.2, 0.25) is 0 Å². The predicted molar refractivity (Wildman–Crippen MR) is 80.3 cm³/mol. The van der Waals surface area contributed by atoms with Crippen LogP contribution in [0.15, 0.2) is 40.3 Å². The van der Waals surface area contributed by atoms with E-state index in [-0.39, 0.29) is 6.04 Å². The van der Waals surface area contributed by atoms with Crippen molar-refractivity contribution in [2.24, 2.45) is 0 Å². The van der Waals surface area contributed by atoms with Gasteiger partial charge in [-0.05, 0) is 46.4 Å². The fourth-order valence-electron chi connectivity index (χ4n) is 1.96. The summed E-state index contributed by atoms with van der Waals surface area (Å²) in [4.78, 5) is 1.30. The molecule has 0 aliphatic rings. The number of nitrogens with zero attached hydrogens (tertiary/aromatic N) is 3. The molecule has 0 aromatic carbocycles. The molecule has 0 fully saturated rings. The molecule has 0 spiro atoms. The average Bonchev–Trinajstić information content (AvgIpc) is 3.02. The molecule has 3 heterocycles. The molecule has 1 N–H and O–H groups in total. The van der Waals surface area contributed by atoms with Crippen molar-refractivity contribution >= 4 is 32.9 Å². The van der Waals surface area contributed by atoms with Crippen LogP contribution in [0.1, 0.15) is 23.7 Å². The highest BCUT2D eigenvalue weighted by Crippen LogP contribution is 2.28. The zero-order chi connectivity index (χ0) is 13.2. The van der Waals surface area contributed by atoms with E-state index in [0.717, 1.165) is 15.9 Å². The van der Waals surface area contributed by atoms with E-state index in [1.165, 1.54) is 4.88 Å². The lowest BCUT2D eigenvalue weighted by Crippen LogP contribution is -2.19. The molecule has 0 saturated carbocycles. The second kappa shape index (κ2) is 5.40. The summed E-state index contributed by atoms with van der Waals surface area (Å²) in [5.74, 6) is 0.926. The summed E-state index contributed by atoms with van der Waals surface area (Å²) in [6.45, 7) is 2.84. The standard InChI is InChI=1S/C13H13BrN4S/c1-9(13-10(14)5-7-19-13)15-8-12-17-16-11-4-2-3-6-18(11)12/h2-7,9,15H,8H2,1H3. The third-order valence-corrected chi connectivity index (χ3v) is 5.04. The molecule has 98 valence electrons. The second-order valence-electron chi connectivity index (χ2n) is 4.28. The van der Waals surface area contributed by atoms with Crippen molar-refractivity contribution in [1.82, 2.24) is 19.9 Å². The molecule has 0 radical (unpaired) electrons. The van der Waals surface area contributed by atoms with Gasteiger partial charge in [-0.25, -0.2) is 0 Å². The van der Waals surface area contributed by atoms with Gasteiger partial charge in [0.05, 0.1) is 6.54 Å². The molecule has 4 nitrogen and oxygen atoms in total. The van der Waals surface area contributed by atoms with Gasteiger partial charge in [0.25, 0.3) is 0 Å². The van der Waals surface area contributed by atoms with Crippen molar-refractivity contribution < 1.29 is 0 Å². The maximum atomic E-state index is 4.21. The van der Waals surface area contributed by atoms with E-state index in [2.05, 4.69) is 49.8 Å². The Labute approximate surface area is 123 Å². The minimum atomic E-state index is 0.283. The summed E-state index contributed by atoms with van der Waals surface area (Å²) < 4.78 is 3.16. The third-order valence-electron chi connectivity index (χ3n) is 2.99. The molecular formula is C13H13BrN4S. The molecule has 1 atom stereocenters. The number of nitrogens with one attached hydrogen (secondary N) is 1. The smallest absolute Gasteiger partial charge is 0.160 e. The lowest BCUT2D eigenvalue weighted by atomic mass is 10.3. The van der Waals surface area contributed by atoms with Crippen LogP contribution in [0.25, 0.3) is 5.65 Å². The molecule has 0 saturated heterocycles. The lowest BCUT2D eigenvalue weighted by molar-refractivity contribution is 0.562. The number of pyridine rings is 1. The van der Waals surface area contributed by atoms with E-state index in [1.807, 2.05) is 28.8 Å². The number of halogens is 1. The molecule has 0 aliphatic carbocycles. The number of thiophene rings is 1. The fraction of sp³-hybridized carbons (Fsp3) is 0.231. The van der Waals surface area contributed by atoms with Crippen molar-refractivity contribution in [1.29, 1.82) is 0 Å². The molecule has 0 bridgehead atoms. The number of hydrogen-bond acceptors (Lipinski definition) is 4. The Morgan fingerprint density at radius 2 is 2.26 bits per heavy atom. The van der Waals surface area contributed by atoms with E-state index < -0.39 is 0 Å². The molecule has 3 aromatic heterocycles. The number of fused-ring (bicyclic) bond motifs is 1. The Morgan fingerprint density at radius 1 is 1.37 bits per heavy atom. The zero-order valence-electron chi connectivity index (χ0n) is 10.4. The SMILES string of the molecule is CC(NCc1nnc2ccccn12)c1sccc1Br. The van der Waals surface area contributed by atoms with Gasteiger partial charge in [-0.2, -0.15) is 0 Å². The first-order valence-electron chi connectivity index (χ1n) is 6.00. The zero-order valence-corrected chi connectivity index (χ0v) is 12.8. The van der Waals surface area contributed by atoms with Crippen LogP contribution in [-0.2, 0) is 6.54 Å². The Bertz CT molecular complexity index is 691. The van der Waals surface area contributed by atoms with Gasteiger partial charge < -0.3 is 5.32 Å². The van der Waals surface area contributed by atoms with Crippen molar-refractivity contribution in [3.8, 4) is 0 Å². The highest BCUT2D eigenvalue weighted by Gasteiger charge is 2.12. The number of hydrogen-bond donors (Lipinski definition) is 1. The van der Waals surface area contributed by atoms with Gasteiger partial charge in [-0.3, -0.25) is 4.40 Å². The van der Waals surface area contributed by atoms with Crippen LogP contribution in [0.3, 0.4) is 0 Å². The number of aromatic nitrogens is 3. The molecule has 6 heteroatoms. The van der Waals surface area contributed by atoms with Crippen molar-refractivity contribution in [3.05, 3.63) is 51.0 Å². The third kappa shape index (κ3) is 2.56. The highest BCUT2D eigenvalue weighted by molar-refractivity contribution is 9.10. The molecule has 0 aliphatic heterocycles. The van der Waals surface area contributed by atoms with Crippen LogP contribution in [0.5, 0.6) is 0 Å². The van der Waals surface area contributed by atoms with Crippen molar-refractivity contribution in [2.45, 2.75) is 19.5 Å². The molecule has 3 rings (SSSR count). The van der Waals surface area contributed by atoms with Gasteiger partial charge in [0.1, 0.15) is 0 Å². The summed E-state index contributed by atoms with van der Waals surface area (Å²) in [7, 11) is 0. The van der Waals surface area contributed by atoms with E-state index in [9.17, 15) is 0 Å². The second-order valence-corrected chi connectivity index (χ2v) is 6.08. The van der Waals surface area contributed by atoms with Gasteiger partial charge in [-0.15, -0.1) is 21.5 Å².